The summed E-state index contributed by atoms with van der Waals surface area (Å²) in [6, 6.07) is 11.1. The highest BCUT2D eigenvalue weighted by Crippen LogP contribution is 2.21. The number of aromatic amines is 1. The van der Waals surface area contributed by atoms with Crippen molar-refractivity contribution in [3.63, 3.8) is 0 Å². The van der Waals surface area contributed by atoms with Crippen molar-refractivity contribution < 1.29 is 9.90 Å². The van der Waals surface area contributed by atoms with Crippen LogP contribution in [0, 0.1) is 0 Å². The summed E-state index contributed by atoms with van der Waals surface area (Å²) < 4.78 is 0. The lowest BCUT2D eigenvalue weighted by Crippen LogP contribution is -2.27. The zero-order valence-electron chi connectivity index (χ0n) is 10.7. The maximum atomic E-state index is 11.4. The van der Waals surface area contributed by atoms with Crippen LogP contribution in [0.2, 0.25) is 0 Å². The van der Waals surface area contributed by atoms with Gasteiger partial charge in [-0.1, -0.05) is 24.3 Å². The fourth-order valence-corrected chi connectivity index (χ4v) is 3.07. The number of para-hydroxylation sites is 1. The van der Waals surface area contributed by atoms with Gasteiger partial charge in [0.1, 0.15) is 6.04 Å². The van der Waals surface area contributed by atoms with Crippen molar-refractivity contribution in [3.05, 3.63) is 58.4 Å². The predicted molar refractivity (Wildman–Crippen MR) is 79.8 cm³/mol. The van der Waals surface area contributed by atoms with Gasteiger partial charge in [0.15, 0.2) is 0 Å². The Bertz CT molecular complexity index is 718. The lowest BCUT2D eigenvalue weighted by Gasteiger charge is -2.13. The molecule has 3 rings (SSSR count). The number of fused-ring (bicyclic) bond motifs is 1. The first kappa shape index (κ1) is 12.9. The van der Waals surface area contributed by atoms with Gasteiger partial charge in [-0.3, -0.25) is 10.1 Å². The molecule has 20 heavy (non-hydrogen) atoms. The number of aliphatic carboxylic acids is 1. The van der Waals surface area contributed by atoms with E-state index >= 15 is 0 Å². The van der Waals surface area contributed by atoms with E-state index in [1.165, 1.54) is 11.3 Å². The van der Waals surface area contributed by atoms with Crippen LogP contribution in [0.4, 0.5) is 0 Å². The molecule has 0 aliphatic carbocycles. The van der Waals surface area contributed by atoms with Crippen molar-refractivity contribution >= 4 is 28.2 Å². The molecule has 0 amide bonds. The van der Waals surface area contributed by atoms with Gasteiger partial charge in [-0.25, -0.2) is 0 Å². The van der Waals surface area contributed by atoms with E-state index in [9.17, 15) is 9.90 Å². The van der Waals surface area contributed by atoms with Crippen LogP contribution in [0.3, 0.4) is 0 Å². The van der Waals surface area contributed by atoms with E-state index < -0.39 is 12.0 Å². The molecule has 1 aromatic carbocycles. The van der Waals surface area contributed by atoms with Gasteiger partial charge in [-0.2, -0.15) is 0 Å². The number of hydrogen-bond acceptors (Lipinski definition) is 3. The van der Waals surface area contributed by atoms with Crippen LogP contribution in [0.1, 0.15) is 16.5 Å². The second kappa shape index (κ2) is 5.48. The number of benzene rings is 1. The summed E-state index contributed by atoms with van der Waals surface area (Å²) in [6.07, 6.45) is 1.89. The predicted octanol–water partition coefficient (Wildman–Crippen LogP) is 3.14. The Hall–Kier alpha value is -2.11. The zero-order valence-corrected chi connectivity index (χ0v) is 11.5. The van der Waals surface area contributed by atoms with Gasteiger partial charge in [-0.05, 0) is 28.5 Å². The highest BCUT2D eigenvalue weighted by atomic mass is 32.1. The molecule has 0 saturated carbocycles. The van der Waals surface area contributed by atoms with E-state index in [-0.39, 0.29) is 0 Å². The summed E-state index contributed by atoms with van der Waals surface area (Å²) >= 11 is 1.45. The van der Waals surface area contributed by atoms with Crippen LogP contribution < -0.4 is 5.32 Å². The molecular formula is C15H14N2O2S. The molecule has 5 heteroatoms. The Morgan fingerprint density at radius 1 is 1.30 bits per heavy atom. The number of thiophene rings is 1. The van der Waals surface area contributed by atoms with E-state index in [0.29, 0.717) is 6.54 Å². The summed E-state index contributed by atoms with van der Waals surface area (Å²) in [5, 5.41) is 15.5. The summed E-state index contributed by atoms with van der Waals surface area (Å²) in [6.45, 7) is 0.507. The van der Waals surface area contributed by atoms with E-state index in [0.717, 1.165) is 21.3 Å². The maximum Gasteiger partial charge on any atom is 0.326 e. The number of carboxylic acid groups (broad SMARTS) is 1. The Morgan fingerprint density at radius 3 is 2.95 bits per heavy atom. The van der Waals surface area contributed by atoms with E-state index in [1.807, 2.05) is 48.0 Å². The SMILES string of the molecule is O=C(O)C(NCc1cccc2cc[nH]c12)c1cccs1. The van der Waals surface area contributed by atoms with E-state index in [4.69, 9.17) is 0 Å². The molecule has 0 bridgehead atoms. The minimum atomic E-state index is -0.855. The minimum absolute atomic E-state index is 0.507. The van der Waals surface area contributed by atoms with Gasteiger partial charge >= 0.3 is 5.97 Å². The van der Waals surface area contributed by atoms with Crippen molar-refractivity contribution in [2.45, 2.75) is 12.6 Å². The van der Waals surface area contributed by atoms with Gasteiger partial charge in [0, 0.05) is 23.1 Å². The molecule has 0 radical (unpaired) electrons. The highest BCUT2D eigenvalue weighted by Gasteiger charge is 2.20. The average Bonchev–Trinajstić information content (AvgIpc) is 3.09. The first-order valence-electron chi connectivity index (χ1n) is 6.30. The molecule has 1 atom stereocenters. The number of aromatic nitrogens is 1. The molecule has 102 valence electrons. The molecular weight excluding hydrogens is 272 g/mol. The van der Waals surface area contributed by atoms with Gasteiger partial charge < -0.3 is 10.1 Å². The lowest BCUT2D eigenvalue weighted by atomic mass is 10.1. The Kier molecular flexibility index (Phi) is 3.54. The molecule has 2 heterocycles. The van der Waals surface area contributed by atoms with E-state index in [1.54, 1.807) is 0 Å². The largest absolute Gasteiger partial charge is 0.480 e. The van der Waals surface area contributed by atoms with Crippen LogP contribution in [0.25, 0.3) is 10.9 Å². The molecule has 0 saturated heterocycles. The summed E-state index contributed by atoms with van der Waals surface area (Å²) in [7, 11) is 0. The minimum Gasteiger partial charge on any atom is -0.480 e. The number of rotatable bonds is 5. The summed E-state index contributed by atoms with van der Waals surface area (Å²) in [5.41, 5.74) is 2.12. The number of nitrogens with one attached hydrogen (secondary N) is 2. The molecule has 0 fully saturated rings. The molecule has 2 aromatic heterocycles. The Balaban J connectivity index is 1.81. The van der Waals surface area contributed by atoms with Crippen LogP contribution in [0.5, 0.6) is 0 Å². The Labute approximate surface area is 120 Å². The second-order valence-electron chi connectivity index (χ2n) is 4.53. The lowest BCUT2D eigenvalue weighted by molar-refractivity contribution is -0.139. The molecule has 0 aliphatic rings. The third-order valence-corrected chi connectivity index (χ3v) is 4.18. The van der Waals surface area contributed by atoms with Crippen LogP contribution in [0.15, 0.2) is 48.0 Å². The highest BCUT2D eigenvalue weighted by molar-refractivity contribution is 7.10. The zero-order chi connectivity index (χ0) is 13.9. The van der Waals surface area contributed by atoms with Crippen LogP contribution in [-0.2, 0) is 11.3 Å². The van der Waals surface area contributed by atoms with Crippen LogP contribution in [-0.4, -0.2) is 16.1 Å². The standard InChI is InChI=1S/C15H14N2O2S/c18-15(19)14(12-5-2-8-20-12)17-9-11-4-1-3-10-6-7-16-13(10)11/h1-8,14,16-17H,9H2,(H,18,19). The first-order chi connectivity index (χ1) is 9.75. The fourth-order valence-electron chi connectivity index (χ4n) is 2.27. The molecule has 3 N–H and O–H groups in total. The van der Waals surface area contributed by atoms with Crippen molar-refractivity contribution in [3.8, 4) is 0 Å². The molecule has 0 spiro atoms. The number of carboxylic acids is 1. The summed E-state index contributed by atoms with van der Waals surface area (Å²) in [5.74, 6) is -0.855. The first-order valence-corrected chi connectivity index (χ1v) is 7.18. The van der Waals surface area contributed by atoms with Crippen molar-refractivity contribution in [1.29, 1.82) is 0 Å². The monoisotopic (exact) mass is 286 g/mol. The Morgan fingerprint density at radius 2 is 2.20 bits per heavy atom. The third-order valence-electron chi connectivity index (χ3n) is 3.24. The van der Waals surface area contributed by atoms with Crippen molar-refractivity contribution in [2.24, 2.45) is 0 Å². The summed E-state index contributed by atoms with van der Waals surface area (Å²) in [4.78, 5) is 15.4. The number of H-pyrrole nitrogens is 1. The topological polar surface area (TPSA) is 65.1 Å². The van der Waals surface area contributed by atoms with Crippen LogP contribution >= 0.6 is 11.3 Å². The number of carbonyl (C=O) groups is 1. The molecule has 0 aliphatic heterocycles. The van der Waals surface area contributed by atoms with E-state index in [2.05, 4.69) is 10.3 Å². The molecule has 4 nitrogen and oxygen atoms in total. The average molecular weight is 286 g/mol. The quantitative estimate of drug-likeness (QED) is 0.675. The van der Waals surface area contributed by atoms with Crippen molar-refractivity contribution in [1.82, 2.24) is 10.3 Å². The van der Waals surface area contributed by atoms with Gasteiger partial charge in [-0.15, -0.1) is 11.3 Å². The van der Waals surface area contributed by atoms with Gasteiger partial charge in [0.2, 0.25) is 0 Å². The molecule has 1 unspecified atom stereocenters. The van der Waals surface area contributed by atoms with Crippen molar-refractivity contribution in [2.75, 3.05) is 0 Å². The third kappa shape index (κ3) is 2.45. The maximum absolute atomic E-state index is 11.4. The number of hydrogen-bond donors (Lipinski definition) is 3. The smallest absolute Gasteiger partial charge is 0.326 e. The fraction of sp³-hybridized carbons (Fsp3) is 0.133. The normalized spacial score (nSPS) is 12.6. The molecule has 3 aromatic rings. The van der Waals surface area contributed by atoms with Gasteiger partial charge in [0.25, 0.3) is 0 Å². The second-order valence-corrected chi connectivity index (χ2v) is 5.51. The van der Waals surface area contributed by atoms with Gasteiger partial charge in [0.05, 0.1) is 0 Å².